The number of esters is 1. The van der Waals surface area contributed by atoms with Crippen molar-refractivity contribution < 1.29 is 23.5 Å². The number of urea groups is 1. The van der Waals surface area contributed by atoms with E-state index in [1.807, 2.05) is 60.7 Å². The van der Waals surface area contributed by atoms with Gasteiger partial charge in [0.1, 0.15) is 23.1 Å². The Morgan fingerprint density at radius 1 is 1.00 bits per heavy atom. The number of rotatable bonds is 6. The van der Waals surface area contributed by atoms with Gasteiger partial charge in [0.25, 0.3) is 5.91 Å². The molecule has 2 aromatic carbocycles. The Morgan fingerprint density at radius 2 is 1.65 bits per heavy atom. The molecule has 3 amide bonds. The van der Waals surface area contributed by atoms with E-state index in [1.165, 1.54) is 18.1 Å². The second-order valence-electron chi connectivity index (χ2n) is 7.31. The summed E-state index contributed by atoms with van der Waals surface area (Å²) >= 11 is 0. The van der Waals surface area contributed by atoms with Gasteiger partial charge >= 0.3 is 12.0 Å². The molecule has 31 heavy (non-hydrogen) atoms. The SMILES string of the molecule is COC(=O)c1cc(CN2C(=O)C(c3ccccc3)N(Cc3ccccc3)C2=O)oc1C. The molecule has 1 aliphatic rings. The minimum atomic E-state index is -0.731. The largest absolute Gasteiger partial charge is 0.465 e. The third-order valence-electron chi connectivity index (χ3n) is 5.29. The Hall–Kier alpha value is -3.87. The van der Waals surface area contributed by atoms with E-state index in [4.69, 9.17) is 9.15 Å². The highest BCUT2D eigenvalue weighted by molar-refractivity contribution is 6.04. The molecule has 1 atom stereocenters. The van der Waals surface area contributed by atoms with Crippen LogP contribution in [0.15, 0.2) is 71.1 Å². The predicted octanol–water partition coefficient (Wildman–Crippen LogP) is 4.08. The van der Waals surface area contributed by atoms with Crippen LogP contribution >= 0.6 is 0 Å². The van der Waals surface area contributed by atoms with Crippen molar-refractivity contribution in [3.8, 4) is 0 Å². The first-order chi connectivity index (χ1) is 15.0. The van der Waals surface area contributed by atoms with Crippen molar-refractivity contribution in [2.24, 2.45) is 0 Å². The molecule has 1 saturated heterocycles. The zero-order valence-corrected chi connectivity index (χ0v) is 17.3. The first kappa shape index (κ1) is 20.4. The van der Waals surface area contributed by atoms with Crippen LogP contribution in [0.2, 0.25) is 0 Å². The molecule has 4 rings (SSSR count). The Labute approximate surface area is 179 Å². The number of carbonyl (C=O) groups is 3. The molecule has 0 spiro atoms. The quantitative estimate of drug-likeness (QED) is 0.445. The molecule has 1 unspecified atom stereocenters. The summed E-state index contributed by atoms with van der Waals surface area (Å²) in [6.45, 7) is 1.87. The number of aryl methyl sites for hydroxylation is 1. The van der Waals surface area contributed by atoms with Crippen LogP contribution in [0.1, 0.15) is 39.0 Å². The standard InChI is InChI=1S/C24H22N2O5/c1-16-20(23(28)30-2)13-19(31-16)15-26-22(27)21(18-11-7-4-8-12-18)25(24(26)29)14-17-9-5-3-6-10-17/h3-13,21H,14-15H2,1-2H3. The van der Waals surface area contributed by atoms with E-state index < -0.39 is 18.0 Å². The van der Waals surface area contributed by atoms with Crippen LogP contribution in [-0.4, -0.2) is 34.8 Å². The summed E-state index contributed by atoms with van der Waals surface area (Å²) in [4.78, 5) is 41.2. The van der Waals surface area contributed by atoms with E-state index in [0.29, 0.717) is 18.1 Å². The van der Waals surface area contributed by atoms with Gasteiger partial charge in [0.2, 0.25) is 0 Å². The van der Waals surface area contributed by atoms with E-state index in [9.17, 15) is 14.4 Å². The van der Waals surface area contributed by atoms with E-state index in [0.717, 1.165) is 11.1 Å². The molecule has 0 N–H and O–H groups in total. The predicted molar refractivity (Wildman–Crippen MR) is 112 cm³/mol. The Balaban J connectivity index is 1.65. The van der Waals surface area contributed by atoms with Crippen molar-refractivity contribution in [3.05, 3.63) is 94.9 Å². The number of hydrogen-bond acceptors (Lipinski definition) is 5. The first-order valence-electron chi connectivity index (χ1n) is 9.88. The molecule has 0 saturated carbocycles. The van der Waals surface area contributed by atoms with Gasteiger partial charge in [-0.1, -0.05) is 60.7 Å². The number of carbonyl (C=O) groups excluding carboxylic acids is 3. The van der Waals surface area contributed by atoms with E-state index in [2.05, 4.69) is 0 Å². The van der Waals surface area contributed by atoms with E-state index in [-0.39, 0.29) is 18.0 Å². The van der Waals surface area contributed by atoms with Gasteiger partial charge in [0.05, 0.1) is 13.7 Å². The van der Waals surface area contributed by atoms with Crippen LogP contribution in [0.25, 0.3) is 0 Å². The molecule has 0 radical (unpaired) electrons. The van der Waals surface area contributed by atoms with Gasteiger partial charge in [-0.25, -0.2) is 9.59 Å². The molecule has 3 aromatic rings. The third kappa shape index (κ3) is 3.94. The van der Waals surface area contributed by atoms with Crippen LogP contribution < -0.4 is 0 Å². The van der Waals surface area contributed by atoms with Crippen LogP contribution in [0.4, 0.5) is 4.79 Å². The second-order valence-corrected chi connectivity index (χ2v) is 7.31. The van der Waals surface area contributed by atoms with Gasteiger partial charge in [-0.3, -0.25) is 9.69 Å². The van der Waals surface area contributed by atoms with E-state index >= 15 is 0 Å². The smallest absolute Gasteiger partial charge is 0.341 e. The lowest BCUT2D eigenvalue weighted by Gasteiger charge is -2.22. The number of imide groups is 1. The highest BCUT2D eigenvalue weighted by atomic mass is 16.5. The van der Waals surface area contributed by atoms with Crippen molar-refractivity contribution in [2.75, 3.05) is 7.11 Å². The fourth-order valence-electron chi connectivity index (χ4n) is 3.77. The lowest BCUT2D eigenvalue weighted by atomic mass is 10.1. The van der Waals surface area contributed by atoms with E-state index in [1.54, 1.807) is 11.8 Å². The Bertz CT molecular complexity index is 1110. The molecule has 158 valence electrons. The molecule has 1 aromatic heterocycles. The highest BCUT2D eigenvalue weighted by Gasteiger charge is 2.46. The Morgan fingerprint density at radius 3 is 2.29 bits per heavy atom. The van der Waals surface area contributed by atoms with Gasteiger partial charge < -0.3 is 14.1 Å². The molecule has 2 heterocycles. The van der Waals surface area contributed by atoms with Crippen molar-refractivity contribution in [3.63, 3.8) is 0 Å². The topological polar surface area (TPSA) is 80.1 Å². The summed E-state index contributed by atoms with van der Waals surface area (Å²) in [6.07, 6.45) is 0. The van der Waals surface area contributed by atoms with Crippen molar-refractivity contribution in [2.45, 2.75) is 26.1 Å². The highest BCUT2D eigenvalue weighted by Crippen LogP contribution is 2.33. The van der Waals surface area contributed by atoms with Crippen molar-refractivity contribution in [1.29, 1.82) is 0 Å². The molecule has 7 heteroatoms. The number of hydrogen-bond donors (Lipinski definition) is 0. The molecule has 1 fully saturated rings. The first-order valence-corrected chi connectivity index (χ1v) is 9.88. The maximum atomic E-state index is 13.3. The summed E-state index contributed by atoms with van der Waals surface area (Å²) in [5.74, 6) is -0.144. The van der Waals surface area contributed by atoms with Crippen LogP contribution in [0.5, 0.6) is 0 Å². The van der Waals surface area contributed by atoms with Crippen LogP contribution in [0, 0.1) is 6.92 Å². The van der Waals surface area contributed by atoms with Gasteiger partial charge in [-0.2, -0.15) is 0 Å². The maximum absolute atomic E-state index is 13.3. The van der Waals surface area contributed by atoms with Gasteiger partial charge in [-0.05, 0) is 24.1 Å². The molecule has 0 aliphatic carbocycles. The molecular formula is C24H22N2O5. The average Bonchev–Trinajstić information content (AvgIpc) is 3.27. The number of amides is 3. The number of furan rings is 1. The van der Waals surface area contributed by atoms with Crippen molar-refractivity contribution in [1.82, 2.24) is 9.80 Å². The molecule has 0 bridgehead atoms. The van der Waals surface area contributed by atoms with Crippen LogP contribution in [0.3, 0.4) is 0 Å². The number of methoxy groups -OCH3 is 1. The summed E-state index contributed by atoms with van der Waals surface area (Å²) in [5, 5.41) is 0. The summed E-state index contributed by atoms with van der Waals surface area (Å²) in [7, 11) is 1.29. The van der Waals surface area contributed by atoms with Crippen molar-refractivity contribution >= 4 is 17.9 Å². The Kier molecular flexibility index (Phi) is 5.58. The summed E-state index contributed by atoms with van der Waals surface area (Å²) in [6, 6.07) is 19.1. The average molecular weight is 418 g/mol. The summed E-state index contributed by atoms with van der Waals surface area (Å²) in [5.41, 5.74) is 1.94. The maximum Gasteiger partial charge on any atom is 0.341 e. The molecule has 7 nitrogen and oxygen atoms in total. The third-order valence-corrected chi connectivity index (χ3v) is 5.29. The molecule has 1 aliphatic heterocycles. The normalized spacial score (nSPS) is 16.1. The fraction of sp³-hybridized carbons (Fsp3) is 0.208. The number of ether oxygens (including phenoxy) is 1. The summed E-state index contributed by atoms with van der Waals surface area (Å²) < 4.78 is 10.4. The number of benzene rings is 2. The van der Waals surface area contributed by atoms with Gasteiger partial charge in [0, 0.05) is 6.54 Å². The lowest BCUT2D eigenvalue weighted by Crippen LogP contribution is -2.32. The zero-order chi connectivity index (χ0) is 22.0. The van der Waals surface area contributed by atoms with Gasteiger partial charge in [-0.15, -0.1) is 0 Å². The monoisotopic (exact) mass is 418 g/mol. The molecular weight excluding hydrogens is 396 g/mol. The fourth-order valence-corrected chi connectivity index (χ4v) is 3.77. The van der Waals surface area contributed by atoms with Crippen LogP contribution in [-0.2, 0) is 22.6 Å². The minimum absolute atomic E-state index is 0.0654. The van der Waals surface area contributed by atoms with Gasteiger partial charge in [0.15, 0.2) is 0 Å². The second kappa shape index (κ2) is 8.47. The lowest BCUT2D eigenvalue weighted by molar-refractivity contribution is -0.129. The minimum Gasteiger partial charge on any atom is -0.465 e. The number of nitrogens with zero attached hydrogens (tertiary/aromatic N) is 2. The zero-order valence-electron chi connectivity index (χ0n) is 17.3.